The minimum absolute atomic E-state index is 0.0486. The summed E-state index contributed by atoms with van der Waals surface area (Å²) in [7, 11) is 3.34. The first-order valence-corrected chi connectivity index (χ1v) is 12.3. The summed E-state index contributed by atoms with van der Waals surface area (Å²) < 4.78 is 22.3. The fourth-order valence-corrected chi connectivity index (χ4v) is 4.36. The van der Waals surface area contributed by atoms with Gasteiger partial charge < -0.3 is 28.4 Å². The van der Waals surface area contributed by atoms with Crippen LogP contribution in [0.4, 0.5) is 5.69 Å². The van der Waals surface area contributed by atoms with Crippen LogP contribution >= 0.6 is 0 Å². The summed E-state index contributed by atoms with van der Waals surface area (Å²) in [6.07, 6.45) is 1.53. The average molecular weight is 494 g/mol. The molecule has 1 saturated heterocycles. The van der Waals surface area contributed by atoms with Gasteiger partial charge in [0.1, 0.15) is 12.4 Å². The molecule has 36 heavy (non-hydrogen) atoms. The third kappa shape index (κ3) is 6.31. The minimum atomic E-state index is -0.0486. The molecule has 1 fully saturated rings. The number of hydrogen-bond acceptors (Lipinski definition) is 7. The number of carbonyl (C=O) groups is 1. The Labute approximate surface area is 212 Å². The number of benzene rings is 2. The average Bonchev–Trinajstić information content (AvgIpc) is 3.47. The molecule has 4 rings (SSSR count). The molecule has 0 atom stereocenters. The van der Waals surface area contributed by atoms with Crippen molar-refractivity contribution in [3.63, 3.8) is 0 Å². The SMILES string of the molecule is CCN(Cc1ccc(OC)c(OCCN2CCN(C(=O)c3ccco3)CC2)c1)c1cccc(OC)c1. The number of nitrogens with zero attached hydrogens (tertiary/aromatic N) is 3. The van der Waals surface area contributed by atoms with Crippen molar-refractivity contribution in [1.29, 1.82) is 0 Å². The number of carbonyl (C=O) groups excluding carboxylic acids is 1. The Balaban J connectivity index is 1.31. The van der Waals surface area contributed by atoms with Gasteiger partial charge in [0.15, 0.2) is 17.3 Å². The van der Waals surface area contributed by atoms with E-state index in [0.717, 1.165) is 61.2 Å². The second-order valence-corrected chi connectivity index (χ2v) is 8.66. The lowest BCUT2D eigenvalue weighted by Crippen LogP contribution is -2.49. The monoisotopic (exact) mass is 493 g/mol. The van der Waals surface area contributed by atoms with Gasteiger partial charge in [-0.05, 0) is 48.9 Å². The van der Waals surface area contributed by atoms with Crippen LogP contribution in [0.25, 0.3) is 0 Å². The van der Waals surface area contributed by atoms with Gasteiger partial charge in [0.2, 0.25) is 0 Å². The number of methoxy groups -OCH3 is 2. The van der Waals surface area contributed by atoms with Gasteiger partial charge in [0.05, 0.1) is 20.5 Å². The first kappa shape index (κ1) is 25.4. The van der Waals surface area contributed by atoms with Crippen molar-refractivity contribution in [2.75, 3.05) is 65.0 Å². The van der Waals surface area contributed by atoms with Crippen LogP contribution < -0.4 is 19.1 Å². The van der Waals surface area contributed by atoms with E-state index >= 15 is 0 Å². The summed E-state index contributed by atoms with van der Waals surface area (Å²) in [5, 5.41) is 0. The summed E-state index contributed by atoms with van der Waals surface area (Å²) in [6.45, 7) is 8.03. The molecule has 2 heterocycles. The Morgan fingerprint density at radius 1 is 0.972 bits per heavy atom. The van der Waals surface area contributed by atoms with Gasteiger partial charge in [-0.3, -0.25) is 9.69 Å². The van der Waals surface area contributed by atoms with Gasteiger partial charge in [-0.15, -0.1) is 0 Å². The number of hydrogen-bond donors (Lipinski definition) is 0. The standard InChI is InChI=1S/C28H35N3O5/c1-4-30(23-7-5-8-24(20-23)33-2)21-22-10-11-25(34-3)27(19-22)36-18-16-29-12-14-31(15-13-29)28(32)26-9-6-17-35-26/h5-11,17,19-20H,4,12-16,18,21H2,1-3H3. The van der Waals surface area contributed by atoms with E-state index in [2.05, 4.69) is 34.9 Å². The molecule has 1 amide bonds. The van der Waals surface area contributed by atoms with Crippen LogP contribution in [-0.2, 0) is 6.54 Å². The van der Waals surface area contributed by atoms with Crippen LogP contribution in [0, 0.1) is 0 Å². The molecule has 1 aromatic heterocycles. The van der Waals surface area contributed by atoms with E-state index in [1.54, 1.807) is 26.4 Å². The van der Waals surface area contributed by atoms with Crippen molar-refractivity contribution in [3.05, 3.63) is 72.2 Å². The molecule has 8 heteroatoms. The van der Waals surface area contributed by atoms with Gasteiger partial charge in [0.25, 0.3) is 5.91 Å². The first-order valence-electron chi connectivity index (χ1n) is 12.3. The Kier molecular flexibility index (Phi) is 8.73. The predicted octanol–water partition coefficient (Wildman–Crippen LogP) is 4.16. The van der Waals surface area contributed by atoms with Crippen LogP contribution in [0.1, 0.15) is 23.0 Å². The van der Waals surface area contributed by atoms with Crippen LogP contribution in [0.3, 0.4) is 0 Å². The molecular weight excluding hydrogens is 458 g/mol. The molecule has 8 nitrogen and oxygen atoms in total. The predicted molar refractivity (Wildman–Crippen MR) is 139 cm³/mol. The van der Waals surface area contributed by atoms with Crippen molar-refractivity contribution in [2.24, 2.45) is 0 Å². The fourth-order valence-electron chi connectivity index (χ4n) is 4.36. The van der Waals surface area contributed by atoms with Gasteiger partial charge in [-0.1, -0.05) is 12.1 Å². The zero-order valence-electron chi connectivity index (χ0n) is 21.3. The molecule has 0 bridgehead atoms. The molecule has 0 aliphatic carbocycles. The second kappa shape index (κ2) is 12.4. The van der Waals surface area contributed by atoms with Crippen molar-refractivity contribution in [3.8, 4) is 17.2 Å². The summed E-state index contributed by atoms with van der Waals surface area (Å²) in [5.41, 5.74) is 2.25. The van der Waals surface area contributed by atoms with Crippen LogP contribution in [0.5, 0.6) is 17.2 Å². The second-order valence-electron chi connectivity index (χ2n) is 8.66. The maximum atomic E-state index is 12.5. The highest BCUT2D eigenvalue weighted by atomic mass is 16.5. The van der Waals surface area contributed by atoms with Crippen LogP contribution in [0.2, 0.25) is 0 Å². The zero-order valence-corrected chi connectivity index (χ0v) is 21.3. The molecule has 0 unspecified atom stereocenters. The molecule has 192 valence electrons. The quantitative estimate of drug-likeness (QED) is 0.397. The number of anilines is 1. The molecule has 1 aliphatic rings. The van der Waals surface area contributed by atoms with E-state index in [1.807, 2.05) is 29.2 Å². The lowest BCUT2D eigenvalue weighted by Gasteiger charge is -2.34. The zero-order chi connectivity index (χ0) is 25.3. The van der Waals surface area contributed by atoms with Gasteiger partial charge >= 0.3 is 0 Å². The number of ether oxygens (including phenoxy) is 3. The Bertz CT molecular complexity index is 1110. The molecular formula is C28H35N3O5. The number of furan rings is 1. The third-order valence-corrected chi connectivity index (χ3v) is 6.46. The lowest BCUT2D eigenvalue weighted by atomic mass is 10.1. The highest BCUT2D eigenvalue weighted by Gasteiger charge is 2.23. The first-order chi connectivity index (χ1) is 17.6. The van der Waals surface area contributed by atoms with E-state index in [-0.39, 0.29) is 5.91 Å². The number of rotatable bonds is 11. The van der Waals surface area contributed by atoms with Crippen molar-refractivity contribution >= 4 is 11.6 Å². The molecule has 2 aromatic carbocycles. The van der Waals surface area contributed by atoms with Crippen molar-refractivity contribution < 1.29 is 23.4 Å². The molecule has 3 aromatic rings. The minimum Gasteiger partial charge on any atom is -0.497 e. The normalized spacial score (nSPS) is 13.9. The third-order valence-electron chi connectivity index (χ3n) is 6.46. The molecule has 0 radical (unpaired) electrons. The van der Waals surface area contributed by atoms with Gasteiger partial charge in [0, 0.05) is 57.6 Å². The molecule has 0 N–H and O–H groups in total. The van der Waals surface area contributed by atoms with E-state index < -0.39 is 0 Å². The van der Waals surface area contributed by atoms with E-state index in [9.17, 15) is 4.79 Å². The highest BCUT2D eigenvalue weighted by molar-refractivity contribution is 5.91. The largest absolute Gasteiger partial charge is 0.497 e. The maximum Gasteiger partial charge on any atom is 0.289 e. The lowest BCUT2D eigenvalue weighted by molar-refractivity contribution is 0.0589. The van der Waals surface area contributed by atoms with Crippen LogP contribution in [0.15, 0.2) is 65.3 Å². The van der Waals surface area contributed by atoms with Crippen molar-refractivity contribution in [2.45, 2.75) is 13.5 Å². The van der Waals surface area contributed by atoms with Crippen molar-refractivity contribution in [1.82, 2.24) is 9.80 Å². The highest BCUT2D eigenvalue weighted by Crippen LogP contribution is 2.30. The molecule has 1 aliphatic heterocycles. The topological polar surface area (TPSA) is 67.6 Å². The maximum absolute atomic E-state index is 12.5. The summed E-state index contributed by atoms with van der Waals surface area (Å²) >= 11 is 0. The van der Waals surface area contributed by atoms with Gasteiger partial charge in [-0.25, -0.2) is 0 Å². The van der Waals surface area contributed by atoms with E-state index in [0.29, 0.717) is 25.5 Å². The fraction of sp³-hybridized carbons (Fsp3) is 0.393. The summed E-state index contributed by atoms with van der Waals surface area (Å²) in [5.74, 6) is 2.65. The van der Waals surface area contributed by atoms with E-state index in [4.69, 9.17) is 18.6 Å². The molecule has 0 spiro atoms. The van der Waals surface area contributed by atoms with Crippen LogP contribution in [-0.4, -0.2) is 75.8 Å². The Hall–Kier alpha value is -3.65. The summed E-state index contributed by atoms with van der Waals surface area (Å²) in [4.78, 5) is 18.9. The smallest absolute Gasteiger partial charge is 0.289 e. The Morgan fingerprint density at radius 3 is 2.50 bits per heavy atom. The van der Waals surface area contributed by atoms with E-state index in [1.165, 1.54) is 6.26 Å². The molecule has 0 saturated carbocycles. The number of piperazine rings is 1. The summed E-state index contributed by atoms with van der Waals surface area (Å²) in [6, 6.07) is 17.6. The van der Waals surface area contributed by atoms with Gasteiger partial charge in [-0.2, -0.15) is 0 Å². The number of amides is 1. The Morgan fingerprint density at radius 2 is 1.81 bits per heavy atom.